The SMILES string of the molecule is CCSc1nnc(N2CCCCC2)n1C[C@H]1CCCO1. The van der Waals surface area contributed by atoms with Gasteiger partial charge in [-0.05, 0) is 37.9 Å². The van der Waals surface area contributed by atoms with Crippen LogP contribution < -0.4 is 4.90 Å². The molecule has 6 heteroatoms. The highest BCUT2D eigenvalue weighted by atomic mass is 32.2. The Kier molecular flexibility index (Phi) is 4.83. The van der Waals surface area contributed by atoms with Gasteiger partial charge in [0.2, 0.25) is 5.95 Å². The van der Waals surface area contributed by atoms with Gasteiger partial charge >= 0.3 is 0 Å². The second kappa shape index (κ2) is 6.80. The quantitative estimate of drug-likeness (QED) is 0.781. The van der Waals surface area contributed by atoms with Crippen LogP contribution in [-0.4, -0.2) is 46.3 Å². The molecule has 2 fully saturated rings. The molecule has 3 heterocycles. The maximum absolute atomic E-state index is 5.80. The molecule has 20 heavy (non-hydrogen) atoms. The summed E-state index contributed by atoms with van der Waals surface area (Å²) in [5, 5.41) is 9.91. The van der Waals surface area contributed by atoms with Crippen molar-refractivity contribution in [3.63, 3.8) is 0 Å². The van der Waals surface area contributed by atoms with E-state index in [-0.39, 0.29) is 0 Å². The third-order valence-electron chi connectivity index (χ3n) is 4.02. The lowest BCUT2D eigenvalue weighted by atomic mass is 10.1. The highest BCUT2D eigenvalue weighted by Gasteiger charge is 2.24. The Bertz CT molecular complexity index is 425. The zero-order chi connectivity index (χ0) is 13.8. The normalized spacial score (nSPS) is 23.4. The molecule has 2 aliphatic heterocycles. The lowest BCUT2D eigenvalue weighted by Crippen LogP contribution is -2.33. The second-order valence-corrected chi connectivity index (χ2v) is 6.74. The predicted molar refractivity (Wildman–Crippen MR) is 81.5 cm³/mol. The average Bonchev–Trinajstić information content (AvgIpc) is 3.12. The van der Waals surface area contributed by atoms with Gasteiger partial charge in [0.25, 0.3) is 0 Å². The average molecular weight is 296 g/mol. The summed E-state index contributed by atoms with van der Waals surface area (Å²) in [6.07, 6.45) is 6.56. The summed E-state index contributed by atoms with van der Waals surface area (Å²) in [6.45, 7) is 6.19. The largest absolute Gasteiger partial charge is 0.376 e. The zero-order valence-corrected chi connectivity index (χ0v) is 13.1. The maximum atomic E-state index is 5.80. The van der Waals surface area contributed by atoms with E-state index in [2.05, 4.69) is 26.6 Å². The van der Waals surface area contributed by atoms with Crippen LogP contribution in [0.4, 0.5) is 5.95 Å². The van der Waals surface area contributed by atoms with E-state index in [0.717, 1.165) is 49.5 Å². The van der Waals surface area contributed by atoms with E-state index in [4.69, 9.17) is 4.74 Å². The minimum Gasteiger partial charge on any atom is -0.376 e. The van der Waals surface area contributed by atoms with Crippen molar-refractivity contribution in [2.24, 2.45) is 0 Å². The monoisotopic (exact) mass is 296 g/mol. The van der Waals surface area contributed by atoms with Crippen LogP contribution in [0.2, 0.25) is 0 Å². The molecule has 5 nitrogen and oxygen atoms in total. The molecule has 0 N–H and O–H groups in total. The predicted octanol–water partition coefficient (Wildman–Crippen LogP) is 2.56. The van der Waals surface area contributed by atoms with Gasteiger partial charge in [0, 0.05) is 19.7 Å². The lowest BCUT2D eigenvalue weighted by Gasteiger charge is -2.28. The van der Waals surface area contributed by atoms with Gasteiger partial charge in [-0.15, -0.1) is 10.2 Å². The van der Waals surface area contributed by atoms with Crippen LogP contribution in [0.25, 0.3) is 0 Å². The number of rotatable bonds is 5. The highest BCUT2D eigenvalue weighted by Crippen LogP contribution is 2.26. The molecule has 0 saturated carbocycles. The van der Waals surface area contributed by atoms with E-state index in [9.17, 15) is 0 Å². The molecule has 1 aromatic heterocycles. The minimum atomic E-state index is 0.339. The Balaban J connectivity index is 1.80. The van der Waals surface area contributed by atoms with Crippen LogP contribution in [-0.2, 0) is 11.3 Å². The van der Waals surface area contributed by atoms with Crippen molar-refractivity contribution >= 4 is 17.7 Å². The molecule has 0 spiro atoms. The smallest absolute Gasteiger partial charge is 0.228 e. The molecule has 3 rings (SSSR count). The van der Waals surface area contributed by atoms with Gasteiger partial charge in [-0.2, -0.15) is 0 Å². The third kappa shape index (κ3) is 3.11. The summed E-state index contributed by atoms with van der Waals surface area (Å²) in [6, 6.07) is 0. The number of nitrogens with zero attached hydrogens (tertiary/aromatic N) is 4. The molecule has 0 bridgehead atoms. The summed E-state index contributed by atoms with van der Waals surface area (Å²) in [5.74, 6) is 2.08. The maximum Gasteiger partial charge on any atom is 0.228 e. The number of aromatic nitrogens is 3. The number of ether oxygens (including phenoxy) is 1. The third-order valence-corrected chi connectivity index (χ3v) is 4.87. The van der Waals surface area contributed by atoms with Crippen LogP contribution in [0.1, 0.15) is 39.0 Å². The summed E-state index contributed by atoms with van der Waals surface area (Å²) >= 11 is 1.78. The molecular weight excluding hydrogens is 272 g/mol. The first-order valence-corrected chi connectivity index (χ1v) is 8.79. The summed E-state index contributed by atoms with van der Waals surface area (Å²) < 4.78 is 8.08. The van der Waals surface area contributed by atoms with E-state index in [0.29, 0.717) is 6.10 Å². The Hall–Kier alpha value is -0.750. The van der Waals surface area contributed by atoms with Crippen LogP contribution >= 0.6 is 11.8 Å². The van der Waals surface area contributed by atoms with Crippen molar-refractivity contribution < 1.29 is 4.74 Å². The van der Waals surface area contributed by atoms with Crippen molar-refractivity contribution in [1.82, 2.24) is 14.8 Å². The summed E-state index contributed by atoms with van der Waals surface area (Å²) in [5.41, 5.74) is 0. The van der Waals surface area contributed by atoms with Crippen LogP contribution in [0.3, 0.4) is 0 Å². The number of hydrogen-bond acceptors (Lipinski definition) is 5. The van der Waals surface area contributed by atoms with Gasteiger partial charge in [0.1, 0.15) is 0 Å². The van der Waals surface area contributed by atoms with E-state index >= 15 is 0 Å². The van der Waals surface area contributed by atoms with E-state index in [1.807, 2.05) is 0 Å². The van der Waals surface area contributed by atoms with Crippen molar-refractivity contribution in [2.45, 2.75) is 56.8 Å². The van der Waals surface area contributed by atoms with Crippen molar-refractivity contribution in [3.8, 4) is 0 Å². The number of anilines is 1. The Morgan fingerprint density at radius 3 is 2.75 bits per heavy atom. The fourth-order valence-corrected chi connectivity index (χ4v) is 3.67. The van der Waals surface area contributed by atoms with Gasteiger partial charge in [-0.1, -0.05) is 18.7 Å². The summed E-state index contributed by atoms with van der Waals surface area (Å²) in [4.78, 5) is 2.39. The second-order valence-electron chi connectivity index (χ2n) is 5.51. The van der Waals surface area contributed by atoms with Crippen molar-refractivity contribution in [3.05, 3.63) is 0 Å². The van der Waals surface area contributed by atoms with Crippen LogP contribution in [0.15, 0.2) is 5.16 Å². The number of hydrogen-bond donors (Lipinski definition) is 0. The Morgan fingerprint density at radius 1 is 1.20 bits per heavy atom. The standard InChI is InChI=1S/C14H24N4OS/c1-2-20-14-16-15-13(17-8-4-3-5-9-17)18(14)11-12-7-6-10-19-12/h12H,2-11H2,1H3/t12-/m1/s1. The van der Waals surface area contributed by atoms with Crippen molar-refractivity contribution in [2.75, 3.05) is 30.3 Å². The van der Waals surface area contributed by atoms with Crippen LogP contribution in [0.5, 0.6) is 0 Å². The first-order chi connectivity index (χ1) is 9.88. The zero-order valence-electron chi connectivity index (χ0n) is 12.3. The highest BCUT2D eigenvalue weighted by molar-refractivity contribution is 7.99. The number of piperidine rings is 1. The molecule has 2 saturated heterocycles. The fraction of sp³-hybridized carbons (Fsp3) is 0.857. The molecule has 1 atom stereocenters. The van der Waals surface area contributed by atoms with E-state index < -0.39 is 0 Å². The van der Waals surface area contributed by atoms with Gasteiger partial charge < -0.3 is 9.64 Å². The fourth-order valence-electron chi connectivity index (χ4n) is 3.00. The first-order valence-electron chi connectivity index (χ1n) is 7.81. The molecule has 0 amide bonds. The molecule has 2 aliphatic rings. The van der Waals surface area contributed by atoms with Crippen LogP contribution in [0, 0.1) is 0 Å². The Labute approximate surface area is 125 Å². The first kappa shape index (κ1) is 14.2. The van der Waals surface area contributed by atoms with Gasteiger partial charge in [0.05, 0.1) is 12.6 Å². The van der Waals surface area contributed by atoms with Gasteiger partial charge in [-0.25, -0.2) is 0 Å². The van der Waals surface area contributed by atoms with Gasteiger partial charge in [0.15, 0.2) is 5.16 Å². The molecule has 0 aromatic carbocycles. The molecule has 0 unspecified atom stereocenters. The minimum absolute atomic E-state index is 0.339. The molecular formula is C14H24N4OS. The Morgan fingerprint density at radius 2 is 2.05 bits per heavy atom. The molecule has 112 valence electrons. The molecule has 1 aromatic rings. The molecule has 0 radical (unpaired) electrons. The van der Waals surface area contributed by atoms with E-state index in [1.165, 1.54) is 25.7 Å². The molecule has 0 aliphatic carbocycles. The van der Waals surface area contributed by atoms with Crippen molar-refractivity contribution in [1.29, 1.82) is 0 Å². The lowest BCUT2D eigenvalue weighted by molar-refractivity contribution is 0.0952. The van der Waals surface area contributed by atoms with E-state index in [1.54, 1.807) is 11.8 Å². The number of thioether (sulfide) groups is 1. The van der Waals surface area contributed by atoms with Gasteiger partial charge in [-0.3, -0.25) is 4.57 Å². The summed E-state index contributed by atoms with van der Waals surface area (Å²) in [7, 11) is 0. The topological polar surface area (TPSA) is 43.2 Å².